The first-order valence-corrected chi connectivity index (χ1v) is 10.4. The molecule has 1 fully saturated rings. The zero-order chi connectivity index (χ0) is 23.6. The third kappa shape index (κ3) is 5.23. The maximum Gasteiger partial charge on any atom is 0.416 e. The molecule has 2 aromatic carbocycles. The number of anilines is 3. The van der Waals surface area contributed by atoms with E-state index in [2.05, 4.69) is 4.98 Å². The van der Waals surface area contributed by atoms with Gasteiger partial charge in [0, 0.05) is 36.7 Å². The number of pyridine rings is 1. The van der Waals surface area contributed by atoms with E-state index < -0.39 is 23.5 Å². The van der Waals surface area contributed by atoms with Crippen molar-refractivity contribution >= 4 is 17.1 Å². The van der Waals surface area contributed by atoms with Crippen LogP contribution in [0.1, 0.15) is 24.0 Å². The van der Waals surface area contributed by atoms with Crippen molar-refractivity contribution in [2.75, 3.05) is 22.9 Å². The molecule has 0 spiro atoms. The summed E-state index contributed by atoms with van der Waals surface area (Å²) in [7, 11) is 0. The van der Waals surface area contributed by atoms with Gasteiger partial charge in [0.05, 0.1) is 23.0 Å². The van der Waals surface area contributed by atoms with Crippen LogP contribution in [0.4, 0.5) is 43.4 Å². The summed E-state index contributed by atoms with van der Waals surface area (Å²) in [5.41, 5.74) is 0.439. The molecule has 1 aromatic heterocycles. The number of hydrogen-bond acceptors (Lipinski definition) is 3. The minimum atomic E-state index is -4.42. The van der Waals surface area contributed by atoms with Gasteiger partial charge < -0.3 is 9.80 Å². The summed E-state index contributed by atoms with van der Waals surface area (Å²) in [5.74, 6) is 0. The second-order valence-electron chi connectivity index (χ2n) is 7.89. The van der Waals surface area contributed by atoms with Crippen molar-refractivity contribution in [2.45, 2.75) is 31.2 Å². The Hall–Kier alpha value is -3.23. The van der Waals surface area contributed by atoms with Gasteiger partial charge in [0.15, 0.2) is 0 Å². The van der Waals surface area contributed by atoms with Crippen LogP contribution in [-0.4, -0.2) is 24.1 Å². The Kier molecular flexibility index (Phi) is 6.23. The van der Waals surface area contributed by atoms with E-state index in [0.717, 1.165) is 30.0 Å². The molecule has 0 amide bonds. The first kappa shape index (κ1) is 22.9. The molecule has 3 aromatic rings. The number of hydrogen-bond donors (Lipinski definition) is 0. The van der Waals surface area contributed by atoms with Gasteiger partial charge in [-0.15, -0.1) is 0 Å². The summed E-state index contributed by atoms with van der Waals surface area (Å²) < 4.78 is 78.3. The standard InChI is InChI=1S/C24H21F6N3/c25-23(26,27)17-6-8-19(9-7-17)33(22-5-2-12-31-16-22)20-10-13-32(14-11-20)21-4-1-3-18(15-21)24(28,29)30/h1-9,12,15-16,20H,10-11,13-14H2. The summed E-state index contributed by atoms with van der Waals surface area (Å²) in [5, 5.41) is 0. The predicted octanol–water partition coefficient (Wildman–Crippen LogP) is 6.93. The summed E-state index contributed by atoms with van der Waals surface area (Å²) >= 11 is 0. The van der Waals surface area contributed by atoms with Crippen LogP contribution in [0.5, 0.6) is 0 Å². The topological polar surface area (TPSA) is 19.4 Å². The Morgan fingerprint density at radius 1 is 0.758 bits per heavy atom. The highest BCUT2D eigenvalue weighted by atomic mass is 19.4. The first-order valence-electron chi connectivity index (χ1n) is 10.4. The van der Waals surface area contributed by atoms with E-state index in [1.165, 1.54) is 18.2 Å². The van der Waals surface area contributed by atoms with Crippen LogP contribution in [0.25, 0.3) is 0 Å². The van der Waals surface area contributed by atoms with Gasteiger partial charge >= 0.3 is 12.4 Å². The lowest BCUT2D eigenvalue weighted by molar-refractivity contribution is -0.138. The quantitative estimate of drug-likeness (QED) is 0.390. The smallest absolute Gasteiger partial charge is 0.371 e. The van der Waals surface area contributed by atoms with E-state index in [0.29, 0.717) is 37.3 Å². The summed E-state index contributed by atoms with van der Waals surface area (Å²) in [4.78, 5) is 8.00. The molecule has 3 nitrogen and oxygen atoms in total. The lowest BCUT2D eigenvalue weighted by Crippen LogP contribution is -2.43. The molecule has 9 heteroatoms. The average molecular weight is 465 g/mol. The third-order valence-corrected chi connectivity index (χ3v) is 5.77. The fourth-order valence-electron chi connectivity index (χ4n) is 4.14. The molecule has 0 saturated carbocycles. The largest absolute Gasteiger partial charge is 0.416 e. The van der Waals surface area contributed by atoms with Crippen LogP contribution < -0.4 is 9.80 Å². The van der Waals surface area contributed by atoms with Crippen molar-refractivity contribution in [3.63, 3.8) is 0 Å². The lowest BCUT2D eigenvalue weighted by atomic mass is 10.00. The summed E-state index contributed by atoms with van der Waals surface area (Å²) in [6.07, 6.45) is -4.33. The van der Waals surface area contributed by atoms with E-state index in [1.54, 1.807) is 24.5 Å². The highest BCUT2D eigenvalue weighted by Crippen LogP contribution is 2.36. The molecule has 0 radical (unpaired) electrons. The first-order chi connectivity index (χ1) is 15.6. The molecule has 0 atom stereocenters. The van der Waals surface area contributed by atoms with Crippen molar-refractivity contribution in [2.24, 2.45) is 0 Å². The van der Waals surface area contributed by atoms with Crippen LogP contribution in [0.2, 0.25) is 0 Å². The molecule has 1 aliphatic rings. The fourth-order valence-corrected chi connectivity index (χ4v) is 4.14. The SMILES string of the molecule is FC(F)(F)c1ccc(N(c2cccnc2)C2CCN(c3cccc(C(F)(F)F)c3)CC2)cc1. The van der Waals surface area contributed by atoms with Crippen LogP contribution in [0, 0.1) is 0 Å². The number of benzene rings is 2. The molecule has 0 N–H and O–H groups in total. The Morgan fingerprint density at radius 2 is 1.42 bits per heavy atom. The molecule has 0 bridgehead atoms. The number of alkyl halides is 6. The van der Waals surface area contributed by atoms with E-state index >= 15 is 0 Å². The van der Waals surface area contributed by atoms with Gasteiger partial charge in [0.1, 0.15) is 0 Å². The Morgan fingerprint density at radius 3 is 2.00 bits per heavy atom. The van der Waals surface area contributed by atoms with Crippen molar-refractivity contribution in [3.05, 3.63) is 84.2 Å². The number of halogens is 6. The van der Waals surface area contributed by atoms with Gasteiger partial charge in [0.2, 0.25) is 0 Å². The van der Waals surface area contributed by atoms with Gasteiger partial charge in [-0.3, -0.25) is 4.98 Å². The van der Waals surface area contributed by atoms with E-state index in [9.17, 15) is 26.3 Å². The molecule has 2 heterocycles. The Balaban J connectivity index is 1.55. The number of aromatic nitrogens is 1. The Bertz CT molecular complexity index is 1060. The van der Waals surface area contributed by atoms with Crippen LogP contribution in [0.15, 0.2) is 73.1 Å². The van der Waals surface area contributed by atoms with Crippen molar-refractivity contribution in [3.8, 4) is 0 Å². The normalized spacial score (nSPS) is 15.5. The molecule has 1 aliphatic heterocycles. The lowest BCUT2D eigenvalue weighted by Gasteiger charge is -2.40. The van der Waals surface area contributed by atoms with Crippen molar-refractivity contribution in [1.29, 1.82) is 0 Å². The molecule has 174 valence electrons. The summed E-state index contributed by atoms with van der Waals surface area (Å²) in [6.45, 7) is 1.03. The molecule has 0 aliphatic carbocycles. The zero-order valence-electron chi connectivity index (χ0n) is 17.4. The fraction of sp³-hybridized carbons (Fsp3) is 0.292. The maximum absolute atomic E-state index is 13.1. The van der Waals surface area contributed by atoms with Gasteiger partial charge in [-0.25, -0.2) is 0 Å². The highest BCUT2D eigenvalue weighted by Gasteiger charge is 2.33. The molecular formula is C24H21F6N3. The van der Waals surface area contributed by atoms with Gasteiger partial charge in [-0.2, -0.15) is 26.3 Å². The molecule has 1 saturated heterocycles. The monoisotopic (exact) mass is 465 g/mol. The summed E-state index contributed by atoms with van der Waals surface area (Å²) in [6, 6.07) is 13.8. The molecule has 33 heavy (non-hydrogen) atoms. The van der Waals surface area contributed by atoms with Gasteiger partial charge in [-0.1, -0.05) is 6.07 Å². The van der Waals surface area contributed by atoms with Gasteiger partial charge in [-0.05, 0) is 67.4 Å². The van der Waals surface area contributed by atoms with E-state index in [-0.39, 0.29) is 6.04 Å². The number of piperidine rings is 1. The van der Waals surface area contributed by atoms with Crippen molar-refractivity contribution in [1.82, 2.24) is 4.98 Å². The number of rotatable bonds is 4. The molecular weight excluding hydrogens is 444 g/mol. The van der Waals surface area contributed by atoms with Gasteiger partial charge in [0.25, 0.3) is 0 Å². The maximum atomic E-state index is 13.1. The van der Waals surface area contributed by atoms with E-state index in [1.807, 2.05) is 15.9 Å². The minimum absolute atomic E-state index is 0.0482. The second kappa shape index (κ2) is 8.96. The molecule has 0 unspecified atom stereocenters. The van der Waals surface area contributed by atoms with Crippen LogP contribution in [-0.2, 0) is 12.4 Å². The minimum Gasteiger partial charge on any atom is -0.371 e. The number of nitrogens with zero attached hydrogens (tertiary/aromatic N) is 3. The molecule has 4 rings (SSSR count). The van der Waals surface area contributed by atoms with Crippen LogP contribution in [0.3, 0.4) is 0 Å². The van der Waals surface area contributed by atoms with Crippen molar-refractivity contribution < 1.29 is 26.3 Å². The van der Waals surface area contributed by atoms with Crippen LogP contribution >= 0.6 is 0 Å². The second-order valence-corrected chi connectivity index (χ2v) is 7.89. The predicted molar refractivity (Wildman–Crippen MR) is 114 cm³/mol. The average Bonchev–Trinajstić information content (AvgIpc) is 2.80. The zero-order valence-corrected chi connectivity index (χ0v) is 17.4. The van der Waals surface area contributed by atoms with E-state index in [4.69, 9.17) is 0 Å². The highest BCUT2D eigenvalue weighted by molar-refractivity contribution is 5.64. The third-order valence-electron chi connectivity index (χ3n) is 5.77. The Labute approximate surface area is 187 Å².